The number of hydrogen-bond acceptors (Lipinski definition) is 7. The summed E-state index contributed by atoms with van der Waals surface area (Å²) in [6, 6.07) is 1.41. The van der Waals surface area contributed by atoms with E-state index in [-0.39, 0.29) is 36.9 Å². The number of β-amino-alcohol motifs (C(OH)–C–C–N with tert-alkyl or cyclic N) is 1. The maximum atomic E-state index is 12.3. The zero-order valence-corrected chi connectivity index (χ0v) is 14.1. The van der Waals surface area contributed by atoms with Gasteiger partial charge in [0.2, 0.25) is 5.89 Å². The Morgan fingerprint density at radius 1 is 1.42 bits per heavy atom. The van der Waals surface area contributed by atoms with Crippen molar-refractivity contribution in [2.24, 2.45) is 0 Å². The molecule has 3 heterocycles. The largest absolute Gasteiger partial charge is 0.389 e. The van der Waals surface area contributed by atoms with Crippen LogP contribution in [-0.2, 0) is 13.1 Å². The Bertz CT molecular complexity index is 823. The van der Waals surface area contributed by atoms with Crippen molar-refractivity contribution in [2.75, 3.05) is 6.54 Å². The molecule has 0 bridgehead atoms. The molecule has 0 aromatic carbocycles. The van der Waals surface area contributed by atoms with Crippen molar-refractivity contribution in [1.82, 2.24) is 30.6 Å². The lowest BCUT2D eigenvalue weighted by atomic mass is 10.1. The SMILES string of the molecule is O=C(NCc1noc(C2CCCC2)n1)c1cc2n(n1)C[C@H](O)CNC2=O. The van der Waals surface area contributed by atoms with E-state index in [1.807, 2.05) is 0 Å². The van der Waals surface area contributed by atoms with Gasteiger partial charge in [-0.3, -0.25) is 14.3 Å². The number of hydrogen-bond donors (Lipinski definition) is 3. The Kier molecular flexibility index (Phi) is 4.41. The summed E-state index contributed by atoms with van der Waals surface area (Å²) in [5, 5.41) is 23.0. The molecule has 2 aromatic rings. The van der Waals surface area contributed by atoms with Gasteiger partial charge in [-0.2, -0.15) is 10.1 Å². The Balaban J connectivity index is 1.40. The van der Waals surface area contributed by atoms with E-state index < -0.39 is 12.0 Å². The predicted octanol–water partition coefficient (Wildman–Crippen LogP) is -0.0420. The Morgan fingerprint density at radius 3 is 3.04 bits per heavy atom. The van der Waals surface area contributed by atoms with Gasteiger partial charge in [-0.1, -0.05) is 18.0 Å². The molecule has 0 radical (unpaired) electrons. The van der Waals surface area contributed by atoms with Crippen LogP contribution in [0.5, 0.6) is 0 Å². The maximum absolute atomic E-state index is 12.3. The molecule has 2 aromatic heterocycles. The standard InChI is InChI=1S/C16H20N6O4/c23-10-6-17-15(25)12-5-11(20-22(12)8-10)14(24)18-7-13-19-16(26-21-13)9-3-1-2-4-9/h5,9-10,23H,1-4,6-8H2,(H,17,25)(H,18,24)/t10-/m1/s1. The van der Waals surface area contributed by atoms with Gasteiger partial charge in [-0.05, 0) is 12.8 Å². The second-order valence-electron chi connectivity index (χ2n) is 6.67. The van der Waals surface area contributed by atoms with Crippen LogP contribution in [0.15, 0.2) is 10.6 Å². The predicted molar refractivity (Wildman–Crippen MR) is 87.2 cm³/mol. The molecule has 1 saturated carbocycles. The summed E-state index contributed by atoms with van der Waals surface area (Å²) in [6.45, 7) is 0.424. The summed E-state index contributed by atoms with van der Waals surface area (Å²) in [6.07, 6.45) is 3.72. The second kappa shape index (κ2) is 6.87. The minimum atomic E-state index is -0.746. The number of nitrogens with zero attached hydrogens (tertiary/aromatic N) is 4. The van der Waals surface area contributed by atoms with Gasteiger partial charge in [-0.15, -0.1) is 0 Å². The van der Waals surface area contributed by atoms with Crippen LogP contribution in [0.2, 0.25) is 0 Å². The number of aliphatic hydroxyl groups is 1. The van der Waals surface area contributed by atoms with Gasteiger partial charge in [-0.25, -0.2) is 0 Å². The van der Waals surface area contributed by atoms with E-state index in [4.69, 9.17) is 4.52 Å². The first-order valence-corrected chi connectivity index (χ1v) is 8.75. The monoisotopic (exact) mass is 360 g/mol. The van der Waals surface area contributed by atoms with Crippen molar-refractivity contribution in [1.29, 1.82) is 0 Å². The number of nitrogens with one attached hydrogen (secondary N) is 2. The molecule has 138 valence electrons. The molecule has 10 nitrogen and oxygen atoms in total. The van der Waals surface area contributed by atoms with Gasteiger partial charge in [0.05, 0.1) is 19.2 Å². The van der Waals surface area contributed by atoms with E-state index in [1.165, 1.54) is 23.6 Å². The fourth-order valence-electron chi connectivity index (χ4n) is 3.34. The third-order valence-electron chi connectivity index (χ3n) is 4.72. The van der Waals surface area contributed by atoms with Crippen LogP contribution in [0.1, 0.15) is 64.3 Å². The number of aromatic nitrogens is 4. The average molecular weight is 360 g/mol. The lowest BCUT2D eigenvalue weighted by molar-refractivity contribution is 0.0931. The molecule has 2 aliphatic rings. The molecule has 2 amide bonds. The van der Waals surface area contributed by atoms with E-state index in [0.717, 1.165) is 12.8 Å². The van der Waals surface area contributed by atoms with E-state index in [2.05, 4.69) is 25.9 Å². The lowest BCUT2D eigenvalue weighted by Crippen LogP contribution is -2.30. The minimum absolute atomic E-state index is 0.101. The van der Waals surface area contributed by atoms with Crippen LogP contribution in [-0.4, -0.2) is 49.5 Å². The molecule has 0 unspecified atom stereocenters. The Labute approximate surface area is 149 Å². The lowest BCUT2D eigenvalue weighted by Gasteiger charge is -2.06. The highest BCUT2D eigenvalue weighted by Crippen LogP contribution is 2.32. The first kappa shape index (κ1) is 16.7. The van der Waals surface area contributed by atoms with Crippen LogP contribution in [0.25, 0.3) is 0 Å². The van der Waals surface area contributed by atoms with Gasteiger partial charge in [0.1, 0.15) is 5.69 Å². The number of amides is 2. The number of rotatable bonds is 4. The molecular weight excluding hydrogens is 340 g/mol. The van der Waals surface area contributed by atoms with Crippen molar-refractivity contribution < 1.29 is 19.2 Å². The van der Waals surface area contributed by atoms with Crippen LogP contribution in [0.4, 0.5) is 0 Å². The van der Waals surface area contributed by atoms with Crippen LogP contribution < -0.4 is 10.6 Å². The molecule has 4 rings (SSSR count). The zero-order chi connectivity index (χ0) is 18.1. The van der Waals surface area contributed by atoms with Crippen molar-refractivity contribution in [3.63, 3.8) is 0 Å². The molecule has 26 heavy (non-hydrogen) atoms. The number of fused-ring (bicyclic) bond motifs is 1. The Morgan fingerprint density at radius 2 is 2.23 bits per heavy atom. The van der Waals surface area contributed by atoms with Crippen molar-refractivity contribution in [3.05, 3.63) is 29.2 Å². The molecule has 3 N–H and O–H groups in total. The molecule has 0 saturated heterocycles. The third-order valence-corrected chi connectivity index (χ3v) is 4.72. The fourth-order valence-corrected chi connectivity index (χ4v) is 3.34. The topological polar surface area (TPSA) is 135 Å². The van der Waals surface area contributed by atoms with E-state index in [9.17, 15) is 14.7 Å². The highest BCUT2D eigenvalue weighted by Gasteiger charge is 2.25. The average Bonchev–Trinajstić information content (AvgIpc) is 3.35. The van der Waals surface area contributed by atoms with E-state index >= 15 is 0 Å². The summed E-state index contributed by atoms with van der Waals surface area (Å²) < 4.78 is 6.62. The highest BCUT2D eigenvalue weighted by atomic mass is 16.5. The first-order chi connectivity index (χ1) is 12.6. The molecule has 0 spiro atoms. The smallest absolute Gasteiger partial charge is 0.272 e. The molecule has 1 aliphatic carbocycles. The third kappa shape index (κ3) is 3.32. The molecular formula is C16H20N6O4. The molecule has 10 heteroatoms. The van der Waals surface area contributed by atoms with Gasteiger partial charge < -0.3 is 20.3 Å². The van der Waals surface area contributed by atoms with Crippen molar-refractivity contribution in [3.8, 4) is 0 Å². The molecule has 1 fully saturated rings. The van der Waals surface area contributed by atoms with Crippen molar-refractivity contribution in [2.45, 2.75) is 50.8 Å². The van der Waals surface area contributed by atoms with E-state index in [1.54, 1.807) is 0 Å². The molecule has 1 atom stereocenters. The van der Waals surface area contributed by atoms with Crippen molar-refractivity contribution >= 4 is 11.8 Å². The van der Waals surface area contributed by atoms with Gasteiger partial charge in [0.25, 0.3) is 11.8 Å². The molecule has 1 aliphatic heterocycles. The van der Waals surface area contributed by atoms with E-state index in [0.29, 0.717) is 17.6 Å². The summed E-state index contributed by atoms with van der Waals surface area (Å²) in [7, 11) is 0. The fraction of sp³-hybridized carbons (Fsp3) is 0.562. The minimum Gasteiger partial charge on any atom is -0.389 e. The summed E-state index contributed by atoms with van der Waals surface area (Å²) >= 11 is 0. The van der Waals surface area contributed by atoms with Gasteiger partial charge in [0, 0.05) is 18.5 Å². The highest BCUT2D eigenvalue weighted by molar-refractivity contribution is 5.98. The summed E-state index contributed by atoms with van der Waals surface area (Å²) in [4.78, 5) is 28.6. The quantitative estimate of drug-likeness (QED) is 0.696. The normalized spacial score (nSPS) is 20.5. The first-order valence-electron chi connectivity index (χ1n) is 8.75. The van der Waals surface area contributed by atoms with Crippen LogP contribution in [0.3, 0.4) is 0 Å². The number of carbonyl (C=O) groups excluding carboxylic acids is 2. The number of aliphatic hydroxyl groups excluding tert-OH is 1. The van der Waals surface area contributed by atoms with Gasteiger partial charge in [0.15, 0.2) is 11.5 Å². The summed E-state index contributed by atoms with van der Waals surface area (Å²) in [5.41, 5.74) is 0.346. The maximum Gasteiger partial charge on any atom is 0.272 e. The van der Waals surface area contributed by atoms with Crippen LogP contribution >= 0.6 is 0 Å². The Hall–Kier alpha value is -2.75. The number of carbonyl (C=O) groups is 2. The van der Waals surface area contributed by atoms with Crippen LogP contribution in [0, 0.1) is 0 Å². The summed E-state index contributed by atoms with van der Waals surface area (Å²) in [5.74, 6) is 0.550. The van der Waals surface area contributed by atoms with Gasteiger partial charge >= 0.3 is 0 Å². The zero-order valence-electron chi connectivity index (χ0n) is 14.1. The second-order valence-corrected chi connectivity index (χ2v) is 6.67.